The zero-order chi connectivity index (χ0) is 15.2. The highest BCUT2D eigenvalue weighted by molar-refractivity contribution is 5.61. The summed E-state index contributed by atoms with van der Waals surface area (Å²) in [6.07, 6.45) is 14.6. The smallest absolute Gasteiger partial charge is 0.0969 e. The highest BCUT2D eigenvalue weighted by atomic mass is 15.3. The molecule has 0 bridgehead atoms. The number of hydrogen-bond acceptors (Lipinski definition) is 3. The van der Waals surface area contributed by atoms with Crippen molar-refractivity contribution in [2.24, 2.45) is 7.05 Å². The largest absolute Gasteiger partial charge is 0.312 e. The molecule has 4 nitrogen and oxygen atoms in total. The van der Waals surface area contributed by atoms with E-state index >= 15 is 0 Å². The summed E-state index contributed by atoms with van der Waals surface area (Å²) in [7, 11) is 1.97. The van der Waals surface area contributed by atoms with E-state index in [-0.39, 0.29) is 0 Å². The molecule has 4 heteroatoms. The fourth-order valence-electron chi connectivity index (χ4n) is 3.02. The fourth-order valence-corrected chi connectivity index (χ4v) is 3.02. The van der Waals surface area contributed by atoms with Gasteiger partial charge >= 0.3 is 0 Å². The number of rotatable bonds is 6. The van der Waals surface area contributed by atoms with Gasteiger partial charge in [-0.1, -0.05) is 11.6 Å². The second-order valence-corrected chi connectivity index (χ2v) is 5.95. The van der Waals surface area contributed by atoms with Crippen molar-refractivity contribution >= 4 is 0 Å². The second kappa shape index (κ2) is 7.36. The van der Waals surface area contributed by atoms with Crippen LogP contribution in [0.4, 0.5) is 0 Å². The molecule has 0 radical (unpaired) electrons. The Labute approximate surface area is 132 Å². The number of pyridine rings is 1. The number of aromatic nitrogens is 3. The lowest BCUT2D eigenvalue weighted by atomic mass is 9.97. The lowest BCUT2D eigenvalue weighted by molar-refractivity contribution is 0.632. The normalized spacial score (nSPS) is 14.9. The molecule has 1 N–H and O–H groups in total. The van der Waals surface area contributed by atoms with Crippen molar-refractivity contribution in [3.8, 4) is 11.3 Å². The molecule has 0 aliphatic heterocycles. The average molecular weight is 296 g/mol. The highest BCUT2D eigenvalue weighted by Crippen LogP contribution is 2.21. The maximum Gasteiger partial charge on any atom is 0.0969 e. The maximum absolute atomic E-state index is 4.59. The third kappa shape index (κ3) is 3.83. The van der Waals surface area contributed by atoms with E-state index in [1.165, 1.54) is 37.7 Å². The number of nitrogens with one attached hydrogen (secondary N) is 1. The van der Waals surface area contributed by atoms with Crippen molar-refractivity contribution < 1.29 is 0 Å². The van der Waals surface area contributed by atoms with Crippen LogP contribution < -0.4 is 5.32 Å². The predicted octanol–water partition coefficient (Wildman–Crippen LogP) is 3.46. The molecular formula is C18H24N4. The van der Waals surface area contributed by atoms with Gasteiger partial charge in [-0.3, -0.25) is 9.67 Å². The Hall–Kier alpha value is -1.94. The van der Waals surface area contributed by atoms with Gasteiger partial charge in [0.05, 0.1) is 5.69 Å². The van der Waals surface area contributed by atoms with E-state index in [9.17, 15) is 0 Å². The minimum Gasteiger partial charge on any atom is -0.312 e. The summed E-state index contributed by atoms with van der Waals surface area (Å²) in [5.74, 6) is 0. The molecule has 0 unspecified atom stereocenters. The molecule has 2 aromatic heterocycles. The van der Waals surface area contributed by atoms with Gasteiger partial charge in [0.25, 0.3) is 0 Å². The molecule has 0 spiro atoms. The Bertz CT molecular complexity index is 628. The topological polar surface area (TPSA) is 42.7 Å². The molecule has 1 aliphatic carbocycles. The van der Waals surface area contributed by atoms with Crippen LogP contribution in [0, 0.1) is 0 Å². The van der Waals surface area contributed by atoms with E-state index in [4.69, 9.17) is 0 Å². The van der Waals surface area contributed by atoms with Gasteiger partial charge in [0.15, 0.2) is 0 Å². The Morgan fingerprint density at radius 1 is 1.23 bits per heavy atom. The van der Waals surface area contributed by atoms with Gasteiger partial charge in [-0.2, -0.15) is 5.10 Å². The monoisotopic (exact) mass is 296 g/mol. The van der Waals surface area contributed by atoms with Gasteiger partial charge in [0, 0.05) is 43.3 Å². The van der Waals surface area contributed by atoms with E-state index in [0.717, 1.165) is 24.3 Å². The van der Waals surface area contributed by atoms with Gasteiger partial charge in [0.2, 0.25) is 0 Å². The molecule has 1 aliphatic rings. The first-order valence-corrected chi connectivity index (χ1v) is 8.14. The molecule has 0 aromatic carbocycles. The summed E-state index contributed by atoms with van der Waals surface area (Å²) < 4.78 is 1.89. The van der Waals surface area contributed by atoms with Crippen LogP contribution in [0.1, 0.15) is 37.7 Å². The van der Waals surface area contributed by atoms with E-state index in [0.29, 0.717) is 0 Å². The molecule has 0 saturated carbocycles. The lowest BCUT2D eigenvalue weighted by Crippen LogP contribution is -2.15. The Kier molecular flexibility index (Phi) is 5.01. The molecule has 0 amide bonds. The van der Waals surface area contributed by atoms with Crippen molar-refractivity contribution in [2.45, 2.75) is 38.6 Å². The van der Waals surface area contributed by atoms with Crippen LogP contribution in [-0.2, 0) is 13.6 Å². The molecule has 2 heterocycles. The Morgan fingerprint density at radius 3 is 2.86 bits per heavy atom. The average Bonchev–Trinajstić information content (AvgIpc) is 2.94. The van der Waals surface area contributed by atoms with Crippen LogP contribution in [0.15, 0.2) is 42.4 Å². The minimum absolute atomic E-state index is 0.860. The standard InChI is InChI=1S/C18H24N4/c1-22-14-17(18(21-22)16-8-11-19-12-9-16)13-20-10-7-15-5-3-2-4-6-15/h5,8-9,11-12,14,20H,2-4,6-7,10,13H2,1H3. The van der Waals surface area contributed by atoms with Crippen molar-refractivity contribution in [2.75, 3.05) is 6.54 Å². The number of nitrogens with zero attached hydrogens (tertiary/aromatic N) is 3. The quantitative estimate of drug-likeness (QED) is 0.655. The molecule has 3 rings (SSSR count). The Balaban J connectivity index is 1.57. The van der Waals surface area contributed by atoms with Gasteiger partial charge in [-0.15, -0.1) is 0 Å². The highest BCUT2D eigenvalue weighted by Gasteiger charge is 2.10. The maximum atomic E-state index is 4.59. The number of allylic oxidation sites excluding steroid dienone is 1. The zero-order valence-corrected chi connectivity index (χ0v) is 13.3. The summed E-state index contributed by atoms with van der Waals surface area (Å²) in [6.45, 7) is 1.90. The van der Waals surface area contributed by atoms with Crippen LogP contribution in [-0.4, -0.2) is 21.3 Å². The van der Waals surface area contributed by atoms with E-state index in [2.05, 4.69) is 27.7 Å². The van der Waals surface area contributed by atoms with Crippen LogP contribution in [0.2, 0.25) is 0 Å². The van der Waals surface area contributed by atoms with Crippen LogP contribution in [0.5, 0.6) is 0 Å². The van der Waals surface area contributed by atoms with Crippen LogP contribution in [0.25, 0.3) is 11.3 Å². The van der Waals surface area contributed by atoms with Crippen molar-refractivity contribution in [1.29, 1.82) is 0 Å². The molecule has 116 valence electrons. The van der Waals surface area contributed by atoms with Crippen molar-refractivity contribution in [3.05, 3.63) is 47.9 Å². The summed E-state index contributed by atoms with van der Waals surface area (Å²) in [6, 6.07) is 4.03. The second-order valence-electron chi connectivity index (χ2n) is 5.95. The third-order valence-corrected chi connectivity index (χ3v) is 4.18. The summed E-state index contributed by atoms with van der Waals surface area (Å²) in [4.78, 5) is 4.08. The number of hydrogen-bond donors (Lipinski definition) is 1. The van der Waals surface area contributed by atoms with E-state index < -0.39 is 0 Å². The van der Waals surface area contributed by atoms with Gasteiger partial charge in [0.1, 0.15) is 0 Å². The van der Waals surface area contributed by atoms with E-state index in [1.54, 1.807) is 5.57 Å². The summed E-state index contributed by atoms with van der Waals surface area (Å²) in [5, 5.41) is 8.15. The molecule has 0 saturated heterocycles. The van der Waals surface area contributed by atoms with Crippen LogP contribution >= 0.6 is 0 Å². The summed E-state index contributed by atoms with van der Waals surface area (Å²) in [5.41, 5.74) is 5.04. The Morgan fingerprint density at radius 2 is 2.09 bits per heavy atom. The molecule has 2 aromatic rings. The minimum atomic E-state index is 0.860. The first kappa shape index (κ1) is 15.0. The first-order chi connectivity index (χ1) is 10.8. The van der Waals surface area contributed by atoms with Crippen molar-refractivity contribution in [3.63, 3.8) is 0 Å². The molecule has 0 atom stereocenters. The van der Waals surface area contributed by atoms with Crippen LogP contribution in [0.3, 0.4) is 0 Å². The first-order valence-electron chi connectivity index (χ1n) is 8.14. The molecular weight excluding hydrogens is 272 g/mol. The predicted molar refractivity (Wildman–Crippen MR) is 89.3 cm³/mol. The fraction of sp³-hybridized carbons (Fsp3) is 0.444. The zero-order valence-electron chi connectivity index (χ0n) is 13.3. The molecule has 0 fully saturated rings. The van der Waals surface area contributed by atoms with Gasteiger partial charge in [-0.05, 0) is 50.8 Å². The van der Waals surface area contributed by atoms with Gasteiger partial charge < -0.3 is 5.32 Å². The lowest BCUT2D eigenvalue weighted by Gasteiger charge is -2.12. The molecule has 22 heavy (non-hydrogen) atoms. The number of aryl methyl sites for hydroxylation is 1. The third-order valence-electron chi connectivity index (χ3n) is 4.18. The SMILES string of the molecule is Cn1cc(CNCCC2=CCCCC2)c(-c2ccncc2)n1. The van der Waals surface area contributed by atoms with Crippen molar-refractivity contribution in [1.82, 2.24) is 20.1 Å². The van der Waals surface area contributed by atoms with Gasteiger partial charge in [-0.25, -0.2) is 0 Å². The van der Waals surface area contributed by atoms with E-state index in [1.807, 2.05) is 36.3 Å². The summed E-state index contributed by atoms with van der Waals surface area (Å²) >= 11 is 0.